The van der Waals surface area contributed by atoms with Crippen molar-refractivity contribution in [3.05, 3.63) is 41.1 Å². The Kier molecular flexibility index (Phi) is 6.17. The van der Waals surface area contributed by atoms with Crippen molar-refractivity contribution in [2.24, 2.45) is 11.3 Å². The molecule has 1 heterocycles. The lowest BCUT2D eigenvalue weighted by molar-refractivity contribution is -0.124. The van der Waals surface area contributed by atoms with E-state index in [1.165, 1.54) is 0 Å². The molecule has 0 saturated carbocycles. The fourth-order valence-electron chi connectivity index (χ4n) is 3.87. The Morgan fingerprint density at radius 3 is 2.79 bits per heavy atom. The molecule has 0 saturated heterocycles. The average molecular weight is 393 g/mol. The molecule has 1 aliphatic rings. The van der Waals surface area contributed by atoms with Crippen LogP contribution in [0.15, 0.2) is 24.3 Å². The third kappa shape index (κ3) is 4.73. The zero-order chi connectivity index (χ0) is 21.0. The number of carbonyl (C=O) groups excluding carboxylic acids is 2. The van der Waals surface area contributed by atoms with Crippen molar-refractivity contribution in [3.63, 3.8) is 0 Å². The predicted octanol–water partition coefficient (Wildman–Crippen LogP) is 3.57. The predicted molar refractivity (Wildman–Crippen MR) is 110 cm³/mol. The lowest BCUT2D eigenvalue weighted by Crippen LogP contribution is -2.31. The van der Waals surface area contributed by atoms with Gasteiger partial charge in [-0.25, -0.2) is 4.79 Å². The number of fused-ring (bicyclic) bond motifs is 2. The Morgan fingerprint density at radius 1 is 1.31 bits per heavy atom. The molecule has 152 valence electrons. The maximum atomic E-state index is 13.0. The van der Waals surface area contributed by atoms with Gasteiger partial charge in [0.25, 0.3) is 5.91 Å². The van der Waals surface area contributed by atoms with Crippen molar-refractivity contribution in [1.82, 2.24) is 10.3 Å². The number of ether oxygens (including phenoxy) is 1. The van der Waals surface area contributed by atoms with E-state index in [0.717, 1.165) is 41.4 Å². The topological polar surface area (TPSA) is 92.1 Å². The fourth-order valence-corrected chi connectivity index (χ4v) is 3.87. The van der Waals surface area contributed by atoms with Gasteiger partial charge in [0, 0.05) is 17.6 Å². The first-order chi connectivity index (χ1) is 13.8. The van der Waals surface area contributed by atoms with Crippen LogP contribution in [0, 0.1) is 22.7 Å². The maximum Gasteiger partial charge on any atom is 0.339 e. The summed E-state index contributed by atoms with van der Waals surface area (Å²) in [5.74, 6) is -0.461. The Balaban J connectivity index is 1.90. The van der Waals surface area contributed by atoms with Crippen LogP contribution in [0.1, 0.15) is 55.2 Å². The molecule has 0 radical (unpaired) electrons. The second-order valence-electron chi connectivity index (χ2n) is 8.57. The van der Waals surface area contributed by atoms with Crippen molar-refractivity contribution >= 4 is 22.8 Å². The van der Waals surface area contributed by atoms with E-state index >= 15 is 0 Å². The van der Waals surface area contributed by atoms with Crippen molar-refractivity contribution in [3.8, 4) is 6.07 Å². The van der Waals surface area contributed by atoms with Crippen molar-refractivity contribution < 1.29 is 14.3 Å². The van der Waals surface area contributed by atoms with E-state index in [-0.39, 0.29) is 25.0 Å². The van der Waals surface area contributed by atoms with Crippen LogP contribution in [-0.2, 0) is 22.4 Å². The number of benzene rings is 1. The van der Waals surface area contributed by atoms with Gasteiger partial charge in [0.15, 0.2) is 6.61 Å². The minimum Gasteiger partial charge on any atom is -0.452 e. The van der Waals surface area contributed by atoms with Gasteiger partial charge in [-0.3, -0.25) is 9.78 Å². The molecule has 29 heavy (non-hydrogen) atoms. The normalized spacial score (nSPS) is 16.0. The molecule has 2 aromatic rings. The Morgan fingerprint density at radius 2 is 2.07 bits per heavy atom. The highest BCUT2D eigenvalue weighted by Gasteiger charge is 2.33. The molecular weight excluding hydrogens is 366 g/mol. The molecular formula is C23H27N3O3. The summed E-state index contributed by atoms with van der Waals surface area (Å²) in [6.07, 6.45) is 2.86. The highest BCUT2D eigenvalue weighted by Crippen LogP contribution is 2.39. The van der Waals surface area contributed by atoms with Gasteiger partial charge in [0.05, 0.1) is 23.6 Å². The first-order valence-electron chi connectivity index (χ1n) is 10.0. The number of nitrogens with one attached hydrogen (secondary N) is 1. The number of hydrogen-bond donors (Lipinski definition) is 1. The molecule has 1 amide bonds. The second kappa shape index (κ2) is 8.60. The zero-order valence-electron chi connectivity index (χ0n) is 17.2. The standard InChI is InChI=1S/C23H27N3O3/c1-23(2,3)15-9-10-19-17(13-15)21(16-7-4-5-8-18(16)26-19)22(28)29-14-20(27)25-12-6-11-24/h4-5,7-8,15H,6,9-10,12-14H2,1-3H3,(H,25,27)/t15-/m1/s1. The van der Waals surface area contributed by atoms with Gasteiger partial charge in [0.1, 0.15) is 0 Å². The van der Waals surface area contributed by atoms with Crippen LogP contribution < -0.4 is 5.32 Å². The van der Waals surface area contributed by atoms with Gasteiger partial charge in [-0.2, -0.15) is 5.26 Å². The van der Waals surface area contributed by atoms with E-state index in [1.807, 2.05) is 30.3 Å². The van der Waals surface area contributed by atoms with Crippen LogP contribution in [0.3, 0.4) is 0 Å². The van der Waals surface area contributed by atoms with E-state index in [2.05, 4.69) is 26.1 Å². The van der Waals surface area contributed by atoms with Gasteiger partial charge in [-0.1, -0.05) is 39.0 Å². The summed E-state index contributed by atoms with van der Waals surface area (Å²) in [5, 5.41) is 11.9. The summed E-state index contributed by atoms with van der Waals surface area (Å²) in [7, 11) is 0. The van der Waals surface area contributed by atoms with Crippen LogP contribution in [0.25, 0.3) is 10.9 Å². The highest BCUT2D eigenvalue weighted by atomic mass is 16.5. The minimum atomic E-state index is -0.496. The molecule has 6 nitrogen and oxygen atoms in total. The number of amides is 1. The average Bonchev–Trinajstić information content (AvgIpc) is 2.69. The number of aryl methyl sites for hydroxylation is 1. The molecule has 1 aromatic carbocycles. The van der Waals surface area contributed by atoms with Crippen molar-refractivity contribution in [1.29, 1.82) is 5.26 Å². The van der Waals surface area contributed by atoms with E-state index in [1.54, 1.807) is 0 Å². The highest BCUT2D eigenvalue weighted by molar-refractivity contribution is 6.05. The van der Waals surface area contributed by atoms with Crippen LogP contribution in [0.4, 0.5) is 0 Å². The van der Waals surface area contributed by atoms with Gasteiger partial charge >= 0.3 is 5.97 Å². The van der Waals surface area contributed by atoms with E-state index in [9.17, 15) is 9.59 Å². The van der Waals surface area contributed by atoms with Crippen molar-refractivity contribution in [2.75, 3.05) is 13.2 Å². The van der Waals surface area contributed by atoms with Gasteiger partial charge in [0.2, 0.25) is 0 Å². The largest absolute Gasteiger partial charge is 0.452 e. The smallest absolute Gasteiger partial charge is 0.339 e. The van der Waals surface area contributed by atoms with E-state index in [0.29, 0.717) is 11.5 Å². The molecule has 0 unspecified atom stereocenters. The number of hydrogen-bond acceptors (Lipinski definition) is 5. The number of carbonyl (C=O) groups is 2. The monoisotopic (exact) mass is 393 g/mol. The number of para-hydroxylation sites is 1. The Hall–Kier alpha value is -2.94. The van der Waals surface area contributed by atoms with Gasteiger partial charge in [-0.05, 0) is 42.2 Å². The molecule has 1 aromatic heterocycles. The molecule has 1 N–H and O–H groups in total. The molecule has 6 heteroatoms. The maximum absolute atomic E-state index is 13.0. The molecule has 3 rings (SSSR count). The van der Waals surface area contributed by atoms with Crippen LogP contribution >= 0.6 is 0 Å². The molecule has 0 fully saturated rings. The van der Waals surface area contributed by atoms with Gasteiger partial charge in [-0.15, -0.1) is 0 Å². The number of aromatic nitrogens is 1. The minimum absolute atomic E-state index is 0.130. The van der Waals surface area contributed by atoms with Crippen molar-refractivity contribution in [2.45, 2.75) is 46.5 Å². The lowest BCUT2D eigenvalue weighted by Gasteiger charge is -2.35. The lowest BCUT2D eigenvalue weighted by atomic mass is 9.70. The molecule has 1 aliphatic carbocycles. The summed E-state index contributed by atoms with van der Waals surface area (Å²) in [5.41, 5.74) is 3.33. The number of pyridine rings is 1. The fraction of sp³-hybridized carbons (Fsp3) is 0.478. The SMILES string of the molecule is CC(C)(C)[C@@H]1CCc2nc3ccccc3c(C(=O)OCC(=O)NCCC#N)c2C1. The molecule has 1 atom stereocenters. The van der Waals surface area contributed by atoms with E-state index in [4.69, 9.17) is 15.0 Å². The molecule has 0 spiro atoms. The summed E-state index contributed by atoms with van der Waals surface area (Å²) < 4.78 is 5.35. The third-order valence-corrected chi connectivity index (χ3v) is 5.58. The Labute approximate surface area is 171 Å². The molecule has 0 aliphatic heterocycles. The summed E-state index contributed by atoms with van der Waals surface area (Å²) in [6.45, 7) is 6.55. The summed E-state index contributed by atoms with van der Waals surface area (Å²) >= 11 is 0. The summed E-state index contributed by atoms with van der Waals surface area (Å²) in [4.78, 5) is 29.7. The van der Waals surface area contributed by atoms with Crippen LogP contribution in [0.5, 0.6) is 0 Å². The Bertz CT molecular complexity index is 970. The quantitative estimate of drug-likeness (QED) is 0.619. The number of nitriles is 1. The van der Waals surface area contributed by atoms with E-state index < -0.39 is 11.9 Å². The third-order valence-electron chi connectivity index (χ3n) is 5.58. The number of esters is 1. The number of rotatable bonds is 5. The summed E-state index contributed by atoms with van der Waals surface area (Å²) in [6, 6.07) is 9.52. The van der Waals surface area contributed by atoms with Crippen LogP contribution in [0.2, 0.25) is 0 Å². The number of nitrogens with zero attached hydrogens (tertiary/aromatic N) is 2. The second-order valence-corrected chi connectivity index (χ2v) is 8.57. The zero-order valence-corrected chi connectivity index (χ0v) is 17.2. The first kappa shape index (κ1) is 20.8. The first-order valence-corrected chi connectivity index (χ1v) is 10.0. The van der Waals surface area contributed by atoms with Crippen LogP contribution in [-0.4, -0.2) is 30.0 Å². The van der Waals surface area contributed by atoms with Gasteiger partial charge < -0.3 is 10.1 Å². The molecule has 0 bridgehead atoms.